The minimum absolute atomic E-state index is 0.0871. The van der Waals surface area contributed by atoms with Crippen LogP contribution in [0.4, 0.5) is 8.78 Å². The Morgan fingerprint density at radius 3 is 2.12 bits per heavy atom. The van der Waals surface area contributed by atoms with Crippen LogP contribution >= 0.6 is 0 Å². The van der Waals surface area contributed by atoms with Gasteiger partial charge in [0.1, 0.15) is 23.1 Å². The molecule has 0 amide bonds. The van der Waals surface area contributed by atoms with Gasteiger partial charge < -0.3 is 4.74 Å². The second-order valence-electron chi connectivity index (χ2n) is 3.46. The van der Waals surface area contributed by atoms with Crippen LogP contribution < -0.4 is 4.74 Å². The van der Waals surface area contributed by atoms with Crippen molar-refractivity contribution in [2.45, 2.75) is 0 Å². The minimum atomic E-state index is -3.63. The fourth-order valence-electron chi connectivity index (χ4n) is 1.24. The molecule has 94 valence electrons. The average molecular weight is 264 g/mol. The van der Waals surface area contributed by atoms with E-state index in [2.05, 4.69) is 4.74 Å². The molecule has 0 bridgehead atoms. The van der Waals surface area contributed by atoms with Gasteiger partial charge in [-0.25, -0.2) is 17.2 Å². The van der Waals surface area contributed by atoms with Crippen LogP contribution in [0.3, 0.4) is 0 Å². The van der Waals surface area contributed by atoms with Crippen molar-refractivity contribution in [3.63, 3.8) is 0 Å². The van der Waals surface area contributed by atoms with E-state index in [4.69, 9.17) is 0 Å². The zero-order valence-electron chi connectivity index (χ0n) is 9.16. The molecule has 0 aliphatic heterocycles. The third kappa shape index (κ3) is 3.48. The summed E-state index contributed by atoms with van der Waals surface area (Å²) in [4.78, 5) is 11.4. The van der Waals surface area contributed by atoms with Crippen LogP contribution in [0.15, 0.2) is 12.1 Å². The van der Waals surface area contributed by atoms with E-state index < -0.39 is 38.6 Å². The van der Waals surface area contributed by atoms with Gasteiger partial charge in [-0.15, -0.1) is 0 Å². The zero-order chi connectivity index (χ0) is 13.2. The Hall–Kier alpha value is -1.50. The summed E-state index contributed by atoms with van der Waals surface area (Å²) in [6, 6.07) is 1.64. The predicted octanol–water partition coefficient (Wildman–Crippen LogP) is 1.20. The number of rotatable bonds is 4. The van der Waals surface area contributed by atoms with Gasteiger partial charge in [0.05, 0.1) is 12.7 Å². The Morgan fingerprint density at radius 2 is 1.76 bits per heavy atom. The number of halogens is 2. The van der Waals surface area contributed by atoms with Gasteiger partial charge in [0.25, 0.3) is 0 Å². The van der Waals surface area contributed by atoms with Crippen LogP contribution in [0.2, 0.25) is 0 Å². The van der Waals surface area contributed by atoms with Crippen molar-refractivity contribution >= 4 is 15.6 Å². The van der Waals surface area contributed by atoms with Crippen LogP contribution in [-0.4, -0.2) is 33.3 Å². The van der Waals surface area contributed by atoms with E-state index in [0.29, 0.717) is 0 Å². The topological polar surface area (TPSA) is 60.4 Å². The van der Waals surface area contributed by atoms with Crippen molar-refractivity contribution < 1.29 is 26.7 Å². The molecule has 0 aromatic heterocycles. The summed E-state index contributed by atoms with van der Waals surface area (Å²) in [5.41, 5.74) is -0.865. The van der Waals surface area contributed by atoms with Crippen molar-refractivity contribution in [2.75, 3.05) is 19.1 Å². The molecule has 0 N–H and O–H groups in total. The largest absolute Gasteiger partial charge is 0.497 e. The first-order valence-corrected chi connectivity index (χ1v) is 6.54. The van der Waals surface area contributed by atoms with E-state index in [-0.39, 0.29) is 5.75 Å². The number of hydrogen-bond acceptors (Lipinski definition) is 4. The Morgan fingerprint density at radius 1 is 1.29 bits per heavy atom. The van der Waals surface area contributed by atoms with Crippen LogP contribution in [0.5, 0.6) is 5.75 Å². The van der Waals surface area contributed by atoms with Gasteiger partial charge >= 0.3 is 0 Å². The number of carbonyl (C=O) groups is 1. The van der Waals surface area contributed by atoms with E-state index in [1.807, 2.05) is 0 Å². The average Bonchev–Trinajstić information content (AvgIpc) is 2.13. The maximum atomic E-state index is 13.4. The van der Waals surface area contributed by atoms with Crippen LogP contribution in [-0.2, 0) is 9.84 Å². The molecule has 0 radical (unpaired) electrons. The molecule has 1 aromatic rings. The van der Waals surface area contributed by atoms with Crippen LogP contribution in [0.1, 0.15) is 10.4 Å². The molecule has 0 spiro atoms. The molecule has 1 aromatic carbocycles. The molecule has 0 aliphatic rings. The monoisotopic (exact) mass is 264 g/mol. The molecule has 0 saturated carbocycles. The van der Waals surface area contributed by atoms with Crippen LogP contribution in [0.25, 0.3) is 0 Å². The van der Waals surface area contributed by atoms with Crippen molar-refractivity contribution in [3.05, 3.63) is 29.3 Å². The van der Waals surface area contributed by atoms with Crippen molar-refractivity contribution in [1.29, 1.82) is 0 Å². The number of Topliss-reactive ketones (excluding diaryl/α,β-unsaturated/α-hetero) is 1. The molecule has 1 rings (SSSR count). The maximum absolute atomic E-state index is 13.4. The van der Waals surface area contributed by atoms with Crippen molar-refractivity contribution in [1.82, 2.24) is 0 Å². The zero-order valence-corrected chi connectivity index (χ0v) is 9.98. The van der Waals surface area contributed by atoms with Gasteiger partial charge in [-0.2, -0.15) is 0 Å². The summed E-state index contributed by atoms with van der Waals surface area (Å²) in [5, 5.41) is 0. The molecule has 4 nitrogen and oxygen atoms in total. The lowest BCUT2D eigenvalue weighted by molar-refractivity contribution is 0.101. The van der Waals surface area contributed by atoms with Gasteiger partial charge in [-0.1, -0.05) is 0 Å². The summed E-state index contributed by atoms with van der Waals surface area (Å²) in [6.45, 7) is 0. The van der Waals surface area contributed by atoms with E-state index in [0.717, 1.165) is 18.4 Å². The van der Waals surface area contributed by atoms with Crippen LogP contribution in [0, 0.1) is 11.6 Å². The first-order valence-electron chi connectivity index (χ1n) is 4.48. The van der Waals surface area contributed by atoms with E-state index in [1.165, 1.54) is 7.11 Å². The normalized spacial score (nSPS) is 11.3. The fraction of sp³-hybridized carbons (Fsp3) is 0.300. The summed E-state index contributed by atoms with van der Waals surface area (Å²) < 4.78 is 53.1. The Bertz CT molecular complexity index is 528. The number of hydrogen-bond donors (Lipinski definition) is 0. The molecular weight excluding hydrogens is 254 g/mol. The predicted molar refractivity (Wildman–Crippen MR) is 57.0 cm³/mol. The molecule has 7 heteroatoms. The lowest BCUT2D eigenvalue weighted by Gasteiger charge is -2.06. The Labute approximate surface area is 97.1 Å². The highest BCUT2D eigenvalue weighted by atomic mass is 32.2. The molecule has 0 heterocycles. The standard InChI is InChI=1S/C10H10F2O4S/c1-16-6-3-7(11)10(8(12)4-6)9(13)5-17(2,14)15/h3-4H,5H2,1-2H3. The first kappa shape index (κ1) is 13.6. The molecule has 0 fully saturated rings. The molecule has 0 unspecified atom stereocenters. The number of ether oxygens (including phenoxy) is 1. The fourth-order valence-corrected chi connectivity index (χ4v) is 1.87. The summed E-state index contributed by atoms with van der Waals surface area (Å²) in [6.07, 6.45) is 0.810. The second kappa shape index (κ2) is 4.79. The first-order chi connectivity index (χ1) is 7.74. The molecular formula is C10H10F2O4S. The highest BCUT2D eigenvalue weighted by Gasteiger charge is 2.22. The van der Waals surface area contributed by atoms with Gasteiger partial charge in [-0.3, -0.25) is 4.79 Å². The second-order valence-corrected chi connectivity index (χ2v) is 5.60. The van der Waals surface area contributed by atoms with Crippen molar-refractivity contribution in [2.24, 2.45) is 0 Å². The van der Waals surface area contributed by atoms with Gasteiger partial charge in [0.2, 0.25) is 0 Å². The van der Waals surface area contributed by atoms with Gasteiger partial charge in [-0.05, 0) is 0 Å². The number of methoxy groups -OCH3 is 1. The number of ketones is 1. The maximum Gasteiger partial charge on any atom is 0.183 e. The summed E-state index contributed by atoms with van der Waals surface area (Å²) in [7, 11) is -2.42. The number of sulfone groups is 1. The highest BCUT2D eigenvalue weighted by Crippen LogP contribution is 2.21. The SMILES string of the molecule is COc1cc(F)c(C(=O)CS(C)(=O)=O)c(F)c1. The number of carbonyl (C=O) groups excluding carboxylic acids is 1. The third-order valence-electron chi connectivity index (χ3n) is 1.92. The molecule has 0 aliphatic carbocycles. The van der Waals surface area contributed by atoms with E-state index >= 15 is 0 Å². The molecule has 0 saturated heterocycles. The minimum Gasteiger partial charge on any atom is -0.497 e. The lowest BCUT2D eigenvalue weighted by Crippen LogP contribution is -2.17. The molecule has 0 atom stereocenters. The summed E-state index contributed by atoms with van der Waals surface area (Å²) >= 11 is 0. The quantitative estimate of drug-likeness (QED) is 0.767. The number of benzene rings is 1. The third-order valence-corrected chi connectivity index (χ3v) is 2.71. The highest BCUT2D eigenvalue weighted by molar-refractivity contribution is 7.91. The smallest absolute Gasteiger partial charge is 0.183 e. The molecule has 17 heavy (non-hydrogen) atoms. The Kier molecular flexibility index (Phi) is 3.82. The Balaban J connectivity index is 3.19. The van der Waals surface area contributed by atoms with Gasteiger partial charge in [0, 0.05) is 18.4 Å². The lowest BCUT2D eigenvalue weighted by atomic mass is 10.1. The van der Waals surface area contributed by atoms with Crippen molar-refractivity contribution in [3.8, 4) is 5.75 Å². The van der Waals surface area contributed by atoms with E-state index in [1.54, 1.807) is 0 Å². The van der Waals surface area contributed by atoms with E-state index in [9.17, 15) is 22.0 Å². The van der Waals surface area contributed by atoms with Gasteiger partial charge in [0.15, 0.2) is 15.6 Å². The summed E-state index contributed by atoms with van der Waals surface area (Å²) in [5.74, 6) is -4.43.